The third-order valence-corrected chi connectivity index (χ3v) is 3.93. The molecule has 9 nitrogen and oxygen atoms in total. The van der Waals surface area contributed by atoms with E-state index in [1.54, 1.807) is 12.1 Å². The highest BCUT2D eigenvalue weighted by molar-refractivity contribution is 5.84. The number of para-hydroxylation sites is 1. The largest absolute Gasteiger partial charge is 0.488 e. The van der Waals surface area contributed by atoms with Gasteiger partial charge < -0.3 is 4.74 Å². The van der Waals surface area contributed by atoms with E-state index in [9.17, 15) is 20.2 Å². The first-order valence-corrected chi connectivity index (χ1v) is 8.52. The lowest BCUT2D eigenvalue weighted by atomic mass is 10.2. The van der Waals surface area contributed by atoms with E-state index in [0.29, 0.717) is 17.9 Å². The molecule has 0 radical (unpaired) electrons. The third kappa shape index (κ3) is 5.13. The van der Waals surface area contributed by atoms with Gasteiger partial charge in [0.2, 0.25) is 0 Å². The van der Waals surface area contributed by atoms with Crippen LogP contribution in [0.1, 0.15) is 11.1 Å². The Balaban J connectivity index is 1.74. The van der Waals surface area contributed by atoms with Crippen molar-refractivity contribution in [3.8, 4) is 5.75 Å². The molecule has 3 rings (SSSR count). The molecule has 0 aliphatic heterocycles. The number of benzene rings is 3. The molecule has 0 saturated heterocycles. The summed E-state index contributed by atoms with van der Waals surface area (Å²) in [5, 5.41) is 26.0. The Morgan fingerprint density at radius 1 is 0.931 bits per heavy atom. The fourth-order valence-corrected chi connectivity index (χ4v) is 2.50. The predicted molar refractivity (Wildman–Crippen MR) is 108 cm³/mol. The van der Waals surface area contributed by atoms with Crippen molar-refractivity contribution in [2.45, 2.75) is 6.61 Å². The van der Waals surface area contributed by atoms with Crippen LogP contribution in [-0.4, -0.2) is 16.1 Å². The molecule has 9 heteroatoms. The number of rotatable bonds is 8. The molecule has 0 amide bonds. The number of hydrogen-bond acceptors (Lipinski definition) is 7. The Hall–Kier alpha value is -4.27. The van der Waals surface area contributed by atoms with Gasteiger partial charge in [-0.05, 0) is 23.8 Å². The van der Waals surface area contributed by atoms with E-state index in [2.05, 4.69) is 10.5 Å². The first-order valence-electron chi connectivity index (χ1n) is 8.52. The lowest BCUT2D eigenvalue weighted by Gasteiger charge is -2.09. The standard InChI is InChI=1S/C20H16N4O5/c25-23(26)17-10-11-18(19(12-17)24(27)28)22-21-13-16-8-4-5-9-20(16)29-14-15-6-2-1-3-7-15/h1-13,22H,14H2. The van der Waals surface area contributed by atoms with Crippen LogP contribution in [0.15, 0.2) is 77.9 Å². The van der Waals surface area contributed by atoms with Crippen molar-refractivity contribution in [1.29, 1.82) is 0 Å². The van der Waals surface area contributed by atoms with Gasteiger partial charge in [-0.1, -0.05) is 42.5 Å². The van der Waals surface area contributed by atoms with Crippen LogP contribution in [0.4, 0.5) is 17.1 Å². The summed E-state index contributed by atoms with van der Waals surface area (Å²) in [4.78, 5) is 20.6. The maximum atomic E-state index is 11.2. The second-order valence-electron chi connectivity index (χ2n) is 5.90. The second-order valence-corrected chi connectivity index (χ2v) is 5.90. The zero-order valence-electron chi connectivity index (χ0n) is 15.1. The number of ether oxygens (including phenoxy) is 1. The first-order chi connectivity index (χ1) is 14.0. The topological polar surface area (TPSA) is 120 Å². The zero-order valence-corrected chi connectivity index (χ0v) is 15.1. The quantitative estimate of drug-likeness (QED) is 0.342. The summed E-state index contributed by atoms with van der Waals surface area (Å²) in [5.74, 6) is 0.597. The van der Waals surface area contributed by atoms with Crippen LogP contribution in [-0.2, 0) is 6.61 Å². The Bertz CT molecular complexity index is 1050. The molecule has 0 fully saturated rings. The molecule has 3 aromatic carbocycles. The number of nitrogens with one attached hydrogen (secondary N) is 1. The summed E-state index contributed by atoms with van der Waals surface area (Å²) in [6, 6.07) is 20.2. The van der Waals surface area contributed by atoms with Crippen LogP contribution in [0.3, 0.4) is 0 Å². The lowest BCUT2D eigenvalue weighted by molar-refractivity contribution is -0.393. The van der Waals surface area contributed by atoms with Gasteiger partial charge in [0, 0.05) is 11.6 Å². The number of hydrogen-bond donors (Lipinski definition) is 1. The fourth-order valence-electron chi connectivity index (χ4n) is 2.50. The Labute approximate surface area is 165 Å². The first kappa shape index (κ1) is 19.5. The van der Waals surface area contributed by atoms with E-state index in [-0.39, 0.29) is 11.4 Å². The maximum Gasteiger partial charge on any atom is 0.301 e. The van der Waals surface area contributed by atoms with Crippen LogP contribution in [0, 0.1) is 20.2 Å². The number of nitro benzene ring substituents is 2. The number of hydrazone groups is 1. The summed E-state index contributed by atoms with van der Waals surface area (Å²) in [5.41, 5.74) is 3.47. The van der Waals surface area contributed by atoms with Gasteiger partial charge in [-0.3, -0.25) is 25.7 Å². The molecule has 0 spiro atoms. The van der Waals surface area contributed by atoms with Crippen LogP contribution >= 0.6 is 0 Å². The summed E-state index contributed by atoms with van der Waals surface area (Å²) in [6.45, 7) is 0.382. The number of nitrogens with zero attached hydrogens (tertiary/aromatic N) is 3. The Morgan fingerprint density at radius 3 is 2.38 bits per heavy atom. The Morgan fingerprint density at radius 2 is 1.66 bits per heavy atom. The van der Waals surface area contributed by atoms with Crippen molar-refractivity contribution in [2.24, 2.45) is 5.10 Å². The summed E-state index contributed by atoms with van der Waals surface area (Å²) in [7, 11) is 0. The molecule has 0 bridgehead atoms. The molecular weight excluding hydrogens is 376 g/mol. The fraction of sp³-hybridized carbons (Fsp3) is 0.0500. The normalized spacial score (nSPS) is 10.6. The Kier molecular flexibility index (Phi) is 6.11. The van der Waals surface area contributed by atoms with Crippen molar-refractivity contribution >= 4 is 23.3 Å². The van der Waals surface area contributed by atoms with Gasteiger partial charge >= 0.3 is 5.69 Å². The lowest BCUT2D eigenvalue weighted by Crippen LogP contribution is -2.00. The zero-order chi connectivity index (χ0) is 20.6. The highest BCUT2D eigenvalue weighted by atomic mass is 16.6. The van der Waals surface area contributed by atoms with Crippen LogP contribution in [0.5, 0.6) is 5.75 Å². The van der Waals surface area contributed by atoms with E-state index in [1.165, 1.54) is 18.3 Å². The SMILES string of the molecule is O=[N+]([O-])c1ccc(NN=Cc2ccccc2OCc2ccccc2)c([N+](=O)[O-])c1. The number of anilines is 1. The minimum absolute atomic E-state index is 0.0412. The minimum atomic E-state index is -0.707. The smallest absolute Gasteiger partial charge is 0.301 e. The predicted octanol–water partition coefficient (Wildman–Crippen LogP) is 4.53. The molecule has 0 saturated carbocycles. The van der Waals surface area contributed by atoms with Gasteiger partial charge in [0.15, 0.2) is 0 Å². The average Bonchev–Trinajstić information content (AvgIpc) is 2.73. The van der Waals surface area contributed by atoms with Gasteiger partial charge in [-0.15, -0.1) is 0 Å². The molecule has 0 aliphatic carbocycles. The molecule has 146 valence electrons. The van der Waals surface area contributed by atoms with Crippen LogP contribution < -0.4 is 10.2 Å². The molecular formula is C20H16N4O5. The molecule has 0 unspecified atom stereocenters. The van der Waals surface area contributed by atoms with E-state index in [1.807, 2.05) is 42.5 Å². The van der Waals surface area contributed by atoms with Crippen LogP contribution in [0.2, 0.25) is 0 Å². The molecule has 1 N–H and O–H groups in total. The van der Waals surface area contributed by atoms with E-state index < -0.39 is 15.5 Å². The summed E-state index contributed by atoms with van der Waals surface area (Å²) >= 11 is 0. The van der Waals surface area contributed by atoms with Crippen LogP contribution in [0.25, 0.3) is 0 Å². The second kappa shape index (κ2) is 9.09. The molecule has 0 heterocycles. The summed E-state index contributed by atoms with van der Waals surface area (Å²) in [6.07, 6.45) is 1.46. The van der Waals surface area contributed by atoms with Crippen molar-refractivity contribution in [3.63, 3.8) is 0 Å². The van der Waals surface area contributed by atoms with Gasteiger partial charge in [-0.25, -0.2) is 0 Å². The molecule has 0 atom stereocenters. The van der Waals surface area contributed by atoms with E-state index in [4.69, 9.17) is 4.74 Å². The monoisotopic (exact) mass is 392 g/mol. The van der Waals surface area contributed by atoms with Gasteiger partial charge in [-0.2, -0.15) is 5.10 Å². The summed E-state index contributed by atoms with van der Waals surface area (Å²) < 4.78 is 5.83. The van der Waals surface area contributed by atoms with Crippen molar-refractivity contribution in [1.82, 2.24) is 0 Å². The van der Waals surface area contributed by atoms with Crippen molar-refractivity contribution < 1.29 is 14.6 Å². The molecule has 0 aromatic heterocycles. The molecule has 3 aromatic rings. The maximum absolute atomic E-state index is 11.2. The number of nitro groups is 2. The molecule has 0 aliphatic rings. The van der Waals surface area contributed by atoms with E-state index >= 15 is 0 Å². The highest BCUT2D eigenvalue weighted by Gasteiger charge is 2.19. The number of non-ortho nitro benzene ring substituents is 1. The van der Waals surface area contributed by atoms with Gasteiger partial charge in [0.05, 0.1) is 22.1 Å². The highest BCUT2D eigenvalue weighted by Crippen LogP contribution is 2.29. The van der Waals surface area contributed by atoms with Gasteiger partial charge in [0.25, 0.3) is 5.69 Å². The molecule has 29 heavy (non-hydrogen) atoms. The average molecular weight is 392 g/mol. The van der Waals surface area contributed by atoms with Crippen molar-refractivity contribution in [3.05, 3.63) is 104 Å². The minimum Gasteiger partial charge on any atom is -0.488 e. The third-order valence-electron chi connectivity index (χ3n) is 3.93. The van der Waals surface area contributed by atoms with Crippen molar-refractivity contribution in [2.75, 3.05) is 5.43 Å². The van der Waals surface area contributed by atoms with Gasteiger partial charge in [0.1, 0.15) is 18.0 Å². The van der Waals surface area contributed by atoms with E-state index in [0.717, 1.165) is 11.6 Å².